The fourth-order valence-electron chi connectivity index (χ4n) is 2.28. The van der Waals surface area contributed by atoms with Crippen LogP contribution in [-0.4, -0.2) is 51.7 Å². The van der Waals surface area contributed by atoms with Gasteiger partial charge in [-0.05, 0) is 43.4 Å². The molecule has 0 saturated heterocycles. The van der Waals surface area contributed by atoms with E-state index in [0.29, 0.717) is 23.9 Å². The first kappa shape index (κ1) is 22.1. The number of amides is 1. The van der Waals surface area contributed by atoms with Gasteiger partial charge in [-0.25, -0.2) is 8.42 Å². The van der Waals surface area contributed by atoms with Gasteiger partial charge in [-0.15, -0.1) is 0 Å². The molecule has 0 spiro atoms. The molecule has 0 atom stereocenters. The molecule has 0 aliphatic rings. The van der Waals surface area contributed by atoms with E-state index in [9.17, 15) is 22.0 Å². The Hall–Kier alpha value is -2.23. The average molecular weight is 433 g/mol. The highest BCUT2D eigenvalue weighted by molar-refractivity contribution is 7.91. The van der Waals surface area contributed by atoms with Crippen molar-refractivity contribution in [1.29, 1.82) is 0 Å². The molecule has 1 N–H and O–H groups in total. The van der Waals surface area contributed by atoms with Gasteiger partial charge in [-0.1, -0.05) is 23.7 Å². The van der Waals surface area contributed by atoms with Gasteiger partial charge >= 0.3 is 5.76 Å². The Morgan fingerprint density at radius 2 is 1.82 bits per heavy atom. The quantitative estimate of drug-likeness (QED) is 0.658. The minimum atomic E-state index is -4.82. The van der Waals surface area contributed by atoms with Crippen molar-refractivity contribution < 1.29 is 26.7 Å². The number of hydrogen-bond donors (Lipinski definition) is 1. The standard InChI is InChI=1S/C18H19ClF2N2O4S/c1-23(10-11-27-14-8-6-13(19)7-9-14)12-17(24)22-15-4-2-3-5-16(15)28(25,26)18(20)21/h2-9,18H,10-12H2,1H3,(H,22,24). The number of nitrogens with zero attached hydrogens (tertiary/aromatic N) is 1. The Bertz CT molecular complexity index is 908. The van der Waals surface area contributed by atoms with E-state index < -0.39 is 26.4 Å². The van der Waals surface area contributed by atoms with Crippen LogP contribution < -0.4 is 10.1 Å². The van der Waals surface area contributed by atoms with Crippen molar-refractivity contribution >= 4 is 33.0 Å². The molecule has 0 unspecified atom stereocenters. The maximum Gasteiger partial charge on any atom is 0.341 e. The summed E-state index contributed by atoms with van der Waals surface area (Å²) < 4.78 is 54.6. The molecule has 0 fully saturated rings. The molecule has 28 heavy (non-hydrogen) atoms. The SMILES string of the molecule is CN(CCOc1ccc(Cl)cc1)CC(=O)Nc1ccccc1S(=O)(=O)C(F)F. The van der Waals surface area contributed by atoms with Crippen molar-refractivity contribution in [2.24, 2.45) is 0 Å². The van der Waals surface area contributed by atoms with E-state index in [2.05, 4.69) is 5.32 Å². The molecule has 0 saturated carbocycles. The summed E-state index contributed by atoms with van der Waals surface area (Å²) in [7, 11) is -3.15. The summed E-state index contributed by atoms with van der Waals surface area (Å²) in [4.78, 5) is 13.2. The van der Waals surface area contributed by atoms with Crippen LogP contribution in [0.1, 0.15) is 0 Å². The molecule has 6 nitrogen and oxygen atoms in total. The van der Waals surface area contributed by atoms with E-state index in [1.165, 1.54) is 18.2 Å². The van der Waals surface area contributed by atoms with E-state index in [4.69, 9.17) is 16.3 Å². The highest BCUT2D eigenvalue weighted by Crippen LogP contribution is 2.26. The molecule has 2 aromatic carbocycles. The Labute approximate surface area is 167 Å². The van der Waals surface area contributed by atoms with Crippen molar-refractivity contribution in [3.63, 3.8) is 0 Å². The lowest BCUT2D eigenvalue weighted by Gasteiger charge is -2.17. The van der Waals surface area contributed by atoms with Crippen LogP contribution in [0, 0.1) is 0 Å². The van der Waals surface area contributed by atoms with Gasteiger partial charge in [0.2, 0.25) is 15.7 Å². The fourth-order valence-corrected chi connectivity index (χ4v) is 3.29. The number of sulfone groups is 1. The number of carbonyl (C=O) groups is 1. The summed E-state index contributed by atoms with van der Waals surface area (Å²) >= 11 is 5.79. The van der Waals surface area contributed by atoms with Crippen LogP contribution in [0.2, 0.25) is 5.02 Å². The van der Waals surface area contributed by atoms with Crippen molar-refractivity contribution in [2.75, 3.05) is 32.1 Å². The highest BCUT2D eigenvalue weighted by atomic mass is 35.5. The summed E-state index contributed by atoms with van der Waals surface area (Å²) in [6.07, 6.45) is 0. The number of para-hydroxylation sites is 1. The summed E-state index contributed by atoms with van der Waals surface area (Å²) in [6, 6.07) is 11.9. The summed E-state index contributed by atoms with van der Waals surface area (Å²) in [6.45, 7) is 0.641. The van der Waals surface area contributed by atoms with Gasteiger partial charge in [0.15, 0.2) is 0 Å². The van der Waals surface area contributed by atoms with Gasteiger partial charge in [0, 0.05) is 11.6 Å². The predicted molar refractivity (Wildman–Crippen MR) is 103 cm³/mol. The summed E-state index contributed by atoms with van der Waals surface area (Å²) in [5.74, 6) is -3.47. The van der Waals surface area contributed by atoms with E-state index in [-0.39, 0.29) is 12.2 Å². The number of anilines is 1. The molecular weight excluding hydrogens is 414 g/mol. The Morgan fingerprint density at radius 1 is 1.18 bits per heavy atom. The molecular formula is C18H19ClF2N2O4S. The molecule has 0 aliphatic carbocycles. The molecule has 0 radical (unpaired) electrons. The van der Waals surface area contributed by atoms with Crippen LogP contribution in [0.25, 0.3) is 0 Å². The van der Waals surface area contributed by atoms with Crippen LogP contribution in [0.15, 0.2) is 53.4 Å². The van der Waals surface area contributed by atoms with Gasteiger partial charge in [-0.2, -0.15) is 8.78 Å². The molecule has 1 amide bonds. The number of benzene rings is 2. The van der Waals surface area contributed by atoms with Gasteiger partial charge in [0.25, 0.3) is 0 Å². The van der Waals surface area contributed by atoms with Crippen molar-refractivity contribution in [3.8, 4) is 5.75 Å². The van der Waals surface area contributed by atoms with Crippen molar-refractivity contribution in [3.05, 3.63) is 53.6 Å². The number of likely N-dealkylation sites (N-methyl/N-ethyl adjacent to an activating group) is 1. The highest BCUT2D eigenvalue weighted by Gasteiger charge is 2.29. The Balaban J connectivity index is 1.89. The second-order valence-electron chi connectivity index (χ2n) is 5.89. The molecule has 0 aromatic heterocycles. The number of carbonyl (C=O) groups excluding carboxylic acids is 1. The number of ether oxygens (including phenoxy) is 1. The lowest BCUT2D eigenvalue weighted by atomic mass is 10.3. The largest absolute Gasteiger partial charge is 0.492 e. The zero-order valence-electron chi connectivity index (χ0n) is 14.9. The van der Waals surface area contributed by atoms with Crippen LogP contribution >= 0.6 is 11.6 Å². The molecule has 2 rings (SSSR count). The molecule has 152 valence electrons. The second-order valence-corrected chi connectivity index (χ2v) is 8.21. The zero-order chi connectivity index (χ0) is 20.7. The lowest BCUT2D eigenvalue weighted by Crippen LogP contribution is -2.33. The monoisotopic (exact) mass is 432 g/mol. The minimum Gasteiger partial charge on any atom is -0.492 e. The van der Waals surface area contributed by atoms with Crippen molar-refractivity contribution in [2.45, 2.75) is 10.7 Å². The lowest BCUT2D eigenvalue weighted by molar-refractivity contribution is -0.117. The third kappa shape index (κ3) is 6.15. The molecule has 10 heteroatoms. The number of hydrogen-bond acceptors (Lipinski definition) is 5. The Morgan fingerprint density at radius 3 is 2.46 bits per heavy atom. The van der Waals surface area contributed by atoms with Crippen LogP contribution in [-0.2, 0) is 14.6 Å². The maximum atomic E-state index is 12.8. The van der Waals surface area contributed by atoms with E-state index in [1.54, 1.807) is 36.2 Å². The van der Waals surface area contributed by atoms with Crippen LogP contribution in [0.4, 0.5) is 14.5 Å². The molecule has 0 aliphatic heterocycles. The van der Waals surface area contributed by atoms with Crippen LogP contribution in [0.5, 0.6) is 5.75 Å². The predicted octanol–water partition coefficient (Wildman–Crippen LogP) is 3.29. The second kappa shape index (κ2) is 9.81. The fraction of sp³-hybridized carbons (Fsp3) is 0.278. The number of rotatable bonds is 9. The summed E-state index contributed by atoms with van der Waals surface area (Å²) in [5.41, 5.74) is -0.182. The normalized spacial score (nSPS) is 11.6. The smallest absolute Gasteiger partial charge is 0.341 e. The maximum absolute atomic E-state index is 12.8. The van der Waals surface area contributed by atoms with Gasteiger partial charge in [-0.3, -0.25) is 9.69 Å². The van der Waals surface area contributed by atoms with Gasteiger partial charge in [0.1, 0.15) is 12.4 Å². The first-order valence-electron chi connectivity index (χ1n) is 8.18. The molecule has 2 aromatic rings. The third-order valence-corrected chi connectivity index (χ3v) is 5.36. The van der Waals surface area contributed by atoms with E-state index in [0.717, 1.165) is 6.07 Å². The topological polar surface area (TPSA) is 75.7 Å². The van der Waals surface area contributed by atoms with Crippen molar-refractivity contribution in [1.82, 2.24) is 4.90 Å². The van der Waals surface area contributed by atoms with Gasteiger partial charge < -0.3 is 10.1 Å². The van der Waals surface area contributed by atoms with Gasteiger partial charge in [0.05, 0.1) is 17.1 Å². The number of halogens is 3. The zero-order valence-corrected chi connectivity index (χ0v) is 16.5. The van der Waals surface area contributed by atoms with E-state index >= 15 is 0 Å². The first-order valence-corrected chi connectivity index (χ1v) is 10.1. The summed E-state index contributed by atoms with van der Waals surface area (Å²) in [5, 5.41) is 2.96. The number of nitrogens with one attached hydrogen (secondary N) is 1. The van der Waals surface area contributed by atoms with Crippen LogP contribution in [0.3, 0.4) is 0 Å². The molecule has 0 heterocycles. The van der Waals surface area contributed by atoms with E-state index in [1.807, 2.05) is 0 Å². The number of alkyl halides is 2. The first-order chi connectivity index (χ1) is 13.2. The Kier molecular flexibility index (Phi) is 7.73. The minimum absolute atomic E-state index is 0.0764. The molecule has 0 bridgehead atoms. The average Bonchev–Trinajstić information content (AvgIpc) is 2.63. The third-order valence-electron chi connectivity index (χ3n) is 3.67.